The van der Waals surface area contributed by atoms with Crippen LogP contribution in [0, 0.1) is 13.8 Å². The quantitative estimate of drug-likeness (QED) is 0.571. The van der Waals surface area contributed by atoms with Crippen LogP contribution in [0.15, 0.2) is 30.3 Å². The monoisotopic (exact) mass is 318 g/mol. The van der Waals surface area contributed by atoms with Gasteiger partial charge in [0, 0.05) is 13.0 Å². The fourth-order valence-electron chi connectivity index (χ4n) is 1.86. The molecule has 114 valence electrons. The predicted molar refractivity (Wildman–Crippen MR) is 86.0 cm³/mol. The van der Waals surface area contributed by atoms with E-state index in [1.807, 2.05) is 32.0 Å². The van der Waals surface area contributed by atoms with E-state index in [4.69, 9.17) is 11.6 Å². The second kappa shape index (κ2) is 7.00. The fraction of sp³-hybridized carbons (Fsp3) is 0.200. The van der Waals surface area contributed by atoms with Crippen LogP contribution >= 0.6 is 11.6 Å². The number of hydrogen-bond donors (Lipinski definition) is 3. The van der Waals surface area contributed by atoms with E-state index in [9.17, 15) is 4.79 Å². The highest BCUT2D eigenvalue weighted by Crippen LogP contribution is 2.19. The minimum Gasteiger partial charge on any atom is -0.276 e. The van der Waals surface area contributed by atoms with E-state index in [0.29, 0.717) is 22.6 Å². The van der Waals surface area contributed by atoms with E-state index in [-0.39, 0.29) is 5.91 Å². The van der Waals surface area contributed by atoms with E-state index >= 15 is 0 Å². The summed E-state index contributed by atoms with van der Waals surface area (Å²) < 4.78 is 0. The molecule has 0 saturated heterocycles. The SMILES string of the molecule is CC(=O)NC(Nc1ccccc1Cl)=[NH+]c1nc(C)cc(C)n1. The third-order valence-corrected chi connectivity index (χ3v) is 2.98. The van der Waals surface area contributed by atoms with Crippen LogP contribution in [0.1, 0.15) is 18.3 Å². The lowest BCUT2D eigenvalue weighted by atomic mass is 10.3. The Morgan fingerprint density at radius 1 is 1.18 bits per heavy atom. The molecule has 0 spiro atoms. The van der Waals surface area contributed by atoms with Crippen LogP contribution in [0.25, 0.3) is 0 Å². The molecule has 0 bridgehead atoms. The number of para-hydroxylation sites is 1. The number of carbonyl (C=O) groups is 1. The molecule has 0 atom stereocenters. The molecule has 2 aromatic rings. The molecular formula is C15H17ClN5O+. The summed E-state index contributed by atoms with van der Waals surface area (Å²) in [6.45, 7) is 5.16. The molecule has 0 aliphatic rings. The van der Waals surface area contributed by atoms with Crippen molar-refractivity contribution in [3.8, 4) is 0 Å². The molecule has 0 aliphatic carbocycles. The number of guanidine groups is 1. The summed E-state index contributed by atoms with van der Waals surface area (Å²) in [6, 6.07) is 9.08. The molecule has 1 heterocycles. The Kier molecular flexibility index (Phi) is 5.06. The van der Waals surface area contributed by atoms with Gasteiger partial charge < -0.3 is 0 Å². The minimum absolute atomic E-state index is 0.230. The summed E-state index contributed by atoms with van der Waals surface area (Å²) >= 11 is 6.11. The molecule has 2 rings (SSSR count). The number of anilines is 1. The highest BCUT2D eigenvalue weighted by atomic mass is 35.5. The van der Waals surface area contributed by atoms with Crippen molar-refractivity contribution in [1.29, 1.82) is 0 Å². The van der Waals surface area contributed by atoms with Crippen LogP contribution in [0.2, 0.25) is 5.02 Å². The Labute approximate surface area is 133 Å². The van der Waals surface area contributed by atoms with Crippen LogP contribution in [-0.4, -0.2) is 21.8 Å². The van der Waals surface area contributed by atoms with E-state index < -0.39 is 0 Å². The highest BCUT2D eigenvalue weighted by molar-refractivity contribution is 6.33. The second-order valence-electron chi connectivity index (χ2n) is 4.76. The Morgan fingerprint density at radius 2 is 1.82 bits per heavy atom. The van der Waals surface area contributed by atoms with Crippen molar-refractivity contribution in [2.45, 2.75) is 20.8 Å². The number of aryl methyl sites for hydroxylation is 2. The number of amides is 1. The highest BCUT2D eigenvalue weighted by Gasteiger charge is 2.12. The normalized spacial score (nSPS) is 11.2. The van der Waals surface area contributed by atoms with Crippen LogP contribution in [-0.2, 0) is 4.79 Å². The molecule has 1 aromatic heterocycles. The number of nitrogens with zero attached hydrogens (tertiary/aromatic N) is 2. The van der Waals surface area contributed by atoms with Gasteiger partial charge in [-0.25, -0.2) is 10.3 Å². The molecule has 0 radical (unpaired) electrons. The number of hydrogen-bond acceptors (Lipinski definition) is 3. The van der Waals surface area contributed by atoms with Crippen molar-refractivity contribution in [2.75, 3.05) is 5.32 Å². The van der Waals surface area contributed by atoms with Gasteiger partial charge in [-0.05, 0) is 26.0 Å². The number of nitrogens with one attached hydrogen (secondary N) is 3. The average Bonchev–Trinajstić information content (AvgIpc) is 2.39. The first-order valence-corrected chi connectivity index (χ1v) is 7.07. The largest absolute Gasteiger partial charge is 0.354 e. The maximum atomic E-state index is 11.4. The molecule has 6 nitrogen and oxygen atoms in total. The van der Waals surface area contributed by atoms with E-state index in [2.05, 4.69) is 25.6 Å². The zero-order valence-corrected chi connectivity index (χ0v) is 13.3. The number of halogens is 1. The van der Waals surface area contributed by atoms with Crippen LogP contribution in [0.5, 0.6) is 0 Å². The molecular weight excluding hydrogens is 302 g/mol. The van der Waals surface area contributed by atoms with Gasteiger partial charge in [-0.3, -0.25) is 10.1 Å². The van der Waals surface area contributed by atoms with Crippen molar-refractivity contribution < 1.29 is 9.79 Å². The first kappa shape index (κ1) is 15.9. The van der Waals surface area contributed by atoms with Crippen LogP contribution in [0.4, 0.5) is 11.6 Å². The topological polar surface area (TPSA) is 80.9 Å². The van der Waals surface area contributed by atoms with Gasteiger partial charge in [-0.1, -0.05) is 23.7 Å². The van der Waals surface area contributed by atoms with Gasteiger partial charge in [0.25, 0.3) is 11.9 Å². The Hall–Kier alpha value is -2.47. The summed E-state index contributed by atoms with van der Waals surface area (Å²) in [7, 11) is 0. The van der Waals surface area contributed by atoms with Gasteiger partial charge in [0.15, 0.2) is 0 Å². The summed E-state index contributed by atoms with van der Waals surface area (Å²) in [5, 5.41) is 6.22. The van der Waals surface area contributed by atoms with Crippen molar-refractivity contribution in [1.82, 2.24) is 15.3 Å². The molecule has 0 saturated carbocycles. The Bertz CT molecular complexity index is 709. The van der Waals surface area contributed by atoms with Gasteiger partial charge in [0.1, 0.15) is 0 Å². The maximum absolute atomic E-state index is 11.4. The predicted octanol–water partition coefficient (Wildman–Crippen LogP) is 1.06. The van der Waals surface area contributed by atoms with Gasteiger partial charge in [0.05, 0.1) is 22.1 Å². The van der Waals surface area contributed by atoms with Gasteiger partial charge in [-0.2, -0.15) is 0 Å². The second-order valence-corrected chi connectivity index (χ2v) is 5.17. The summed E-state index contributed by atoms with van der Waals surface area (Å²) in [6.07, 6.45) is 0. The van der Waals surface area contributed by atoms with Crippen molar-refractivity contribution >= 4 is 35.1 Å². The third-order valence-electron chi connectivity index (χ3n) is 2.65. The summed E-state index contributed by atoms with van der Waals surface area (Å²) in [5.41, 5.74) is 2.31. The van der Waals surface area contributed by atoms with Crippen molar-refractivity contribution in [3.05, 3.63) is 46.7 Å². The van der Waals surface area contributed by atoms with Gasteiger partial charge >= 0.3 is 5.95 Å². The molecule has 1 aromatic carbocycles. The van der Waals surface area contributed by atoms with Gasteiger partial charge in [0.2, 0.25) is 0 Å². The van der Waals surface area contributed by atoms with E-state index in [1.165, 1.54) is 6.92 Å². The van der Waals surface area contributed by atoms with Crippen LogP contribution in [0.3, 0.4) is 0 Å². The van der Waals surface area contributed by atoms with E-state index in [1.54, 1.807) is 12.1 Å². The van der Waals surface area contributed by atoms with E-state index in [0.717, 1.165) is 11.4 Å². The number of benzene rings is 1. The standard InChI is InChI=1S/C15H16ClN5O/c1-9-8-10(2)18-14(17-9)21-15(19-11(3)22)20-13-7-5-4-6-12(13)16/h4-8H,1-3H3,(H2,17,18,19,20,21,22)/p+1. The first-order chi connectivity index (χ1) is 10.4. The summed E-state index contributed by atoms with van der Waals surface area (Å²) in [5.74, 6) is 0.498. The average molecular weight is 319 g/mol. The molecule has 7 heteroatoms. The Balaban J connectivity index is 2.35. The fourth-order valence-corrected chi connectivity index (χ4v) is 2.04. The molecule has 0 fully saturated rings. The number of rotatable bonds is 2. The first-order valence-electron chi connectivity index (χ1n) is 6.69. The van der Waals surface area contributed by atoms with Crippen molar-refractivity contribution in [2.24, 2.45) is 0 Å². The molecule has 22 heavy (non-hydrogen) atoms. The molecule has 0 unspecified atom stereocenters. The minimum atomic E-state index is -0.230. The summed E-state index contributed by atoms with van der Waals surface area (Å²) in [4.78, 5) is 22.9. The molecule has 0 aliphatic heterocycles. The van der Waals surface area contributed by atoms with Crippen LogP contribution < -0.4 is 15.6 Å². The molecule has 3 N–H and O–H groups in total. The number of carbonyl (C=O) groups excluding carboxylic acids is 1. The van der Waals surface area contributed by atoms with Crippen molar-refractivity contribution in [3.63, 3.8) is 0 Å². The lowest BCUT2D eigenvalue weighted by Gasteiger charge is -2.07. The Morgan fingerprint density at radius 3 is 2.41 bits per heavy atom. The van der Waals surface area contributed by atoms with Gasteiger partial charge in [-0.15, -0.1) is 9.97 Å². The number of aromatic nitrogens is 2. The lowest BCUT2D eigenvalue weighted by Crippen LogP contribution is -2.74. The third kappa shape index (κ3) is 4.53. The maximum Gasteiger partial charge on any atom is 0.354 e. The lowest BCUT2D eigenvalue weighted by molar-refractivity contribution is -0.366. The smallest absolute Gasteiger partial charge is 0.276 e. The zero-order chi connectivity index (χ0) is 16.1. The molecule has 1 amide bonds. The zero-order valence-electron chi connectivity index (χ0n) is 12.6.